The van der Waals surface area contributed by atoms with Crippen LogP contribution >= 0.6 is 35.8 Å². The lowest BCUT2D eigenvalue weighted by Gasteiger charge is -2.26. The number of aliphatic hydroxyl groups is 1. The summed E-state index contributed by atoms with van der Waals surface area (Å²) in [5.41, 5.74) is 1.74. The Hall–Kier alpha value is -1.64. The molecule has 6 nitrogen and oxygen atoms in total. The molecule has 0 saturated carbocycles. The van der Waals surface area contributed by atoms with Gasteiger partial charge in [-0.2, -0.15) is 0 Å². The standard InChI is InChI=1S/C24H31ClN2O4S.ClH/c1-4-10-26(12-13-28)11-5-14-31-22-9-7-19(30-3)16-20(22)24-27(17(2)29)21-8-6-18(25)15-23(21)32-24;/h6-9,15-16,24,28H,4-5,10-14H2,1-3H3;1H. The summed E-state index contributed by atoms with van der Waals surface area (Å²) >= 11 is 7.78. The molecular weight excluding hydrogens is 483 g/mol. The number of carbonyl (C=O) groups is 1. The van der Waals surface area contributed by atoms with Crippen molar-refractivity contribution in [3.63, 3.8) is 0 Å². The largest absolute Gasteiger partial charge is 0.497 e. The van der Waals surface area contributed by atoms with Gasteiger partial charge in [0.05, 0.1) is 26.0 Å². The van der Waals surface area contributed by atoms with Crippen molar-refractivity contribution in [2.45, 2.75) is 37.0 Å². The number of amides is 1. The molecule has 0 aromatic heterocycles. The third-order valence-corrected chi connectivity index (χ3v) is 6.81. The van der Waals surface area contributed by atoms with E-state index in [4.69, 9.17) is 21.1 Å². The molecule has 2 aromatic rings. The summed E-state index contributed by atoms with van der Waals surface area (Å²) in [5.74, 6) is 1.40. The lowest BCUT2D eigenvalue weighted by atomic mass is 10.1. The second-order valence-electron chi connectivity index (χ2n) is 7.64. The van der Waals surface area contributed by atoms with Crippen molar-refractivity contribution >= 4 is 47.4 Å². The number of carbonyl (C=O) groups excluding carboxylic acids is 1. The minimum absolute atomic E-state index is 0. The lowest BCUT2D eigenvalue weighted by molar-refractivity contribution is -0.116. The maximum Gasteiger partial charge on any atom is 0.225 e. The zero-order chi connectivity index (χ0) is 23.1. The number of aliphatic hydroxyl groups excluding tert-OH is 1. The first-order valence-electron chi connectivity index (χ1n) is 10.9. The van der Waals surface area contributed by atoms with Crippen molar-refractivity contribution in [2.75, 3.05) is 44.9 Å². The van der Waals surface area contributed by atoms with Crippen molar-refractivity contribution in [3.8, 4) is 11.5 Å². The number of rotatable bonds is 11. The topological polar surface area (TPSA) is 62.2 Å². The predicted molar refractivity (Wildman–Crippen MR) is 137 cm³/mol. The molecule has 3 rings (SSSR count). The Labute approximate surface area is 211 Å². The fraction of sp³-hybridized carbons (Fsp3) is 0.458. The van der Waals surface area contributed by atoms with Crippen LogP contribution in [0.4, 0.5) is 5.69 Å². The van der Waals surface area contributed by atoms with E-state index in [0.717, 1.165) is 47.8 Å². The third kappa shape index (κ3) is 6.93. The van der Waals surface area contributed by atoms with E-state index < -0.39 is 0 Å². The van der Waals surface area contributed by atoms with Gasteiger partial charge in [-0.15, -0.1) is 12.4 Å². The van der Waals surface area contributed by atoms with Crippen LogP contribution in [0.1, 0.15) is 37.6 Å². The molecular formula is C24H32Cl2N2O4S. The quantitative estimate of drug-likeness (QED) is 0.405. The van der Waals surface area contributed by atoms with Crippen LogP contribution in [-0.2, 0) is 4.79 Å². The molecule has 1 aliphatic heterocycles. The Morgan fingerprint density at radius 2 is 2.00 bits per heavy atom. The van der Waals surface area contributed by atoms with Crippen molar-refractivity contribution in [1.29, 1.82) is 0 Å². The van der Waals surface area contributed by atoms with Gasteiger partial charge in [0.2, 0.25) is 5.91 Å². The fourth-order valence-electron chi connectivity index (χ4n) is 3.86. The van der Waals surface area contributed by atoms with Gasteiger partial charge in [-0.3, -0.25) is 9.69 Å². The zero-order valence-electron chi connectivity index (χ0n) is 19.3. The average molecular weight is 516 g/mol. The maximum atomic E-state index is 12.6. The van der Waals surface area contributed by atoms with E-state index in [-0.39, 0.29) is 30.3 Å². The third-order valence-electron chi connectivity index (χ3n) is 5.31. The Balaban J connectivity index is 0.00000385. The van der Waals surface area contributed by atoms with Crippen LogP contribution in [-0.4, -0.2) is 55.9 Å². The van der Waals surface area contributed by atoms with Gasteiger partial charge < -0.3 is 19.5 Å². The first-order valence-corrected chi connectivity index (χ1v) is 12.1. The summed E-state index contributed by atoms with van der Waals surface area (Å²) in [4.78, 5) is 17.6. The van der Waals surface area contributed by atoms with Crippen LogP contribution in [0.15, 0.2) is 41.3 Å². The maximum absolute atomic E-state index is 12.6. The van der Waals surface area contributed by atoms with Gasteiger partial charge in [-0.25, -0.2) is 0 Å². The van der Waals surface area contributed by atoms with E-state index in [1.807, 2.05) is 30.3 Å². The van der Waals surface area contributed by atoms with Crippen LogP contribution in [0.25, 0.3) is 0 Å². The predicted octanol–water partition coefficient (Wildman–Crippen LogP) is 5.40. The molecule has 2 aromatic carbocycles. The van der Waals surface area contributed by atoms with Gasteiger partial charge in [0.25, 0.3) is 0 Å². The van der Waals surface area contributed by atoms with Gasteiger partial charge in [0, 0.05) is 35.5 Å². The van der Waals surface area contributed by atoms with E-state index in [9.17, 15) is 9.90 Å². The number of thioether (sulfide) groups is 1. The molecule has 1 atom stereocenters. The SMILES string of the molecule is CCCN(CCO)CCCOc1ccc(OC)cc1C1Sc2cc(Cl)ccc2N1C(C)=O.Cl. The number of hydrogen-bond acceptors (Lipinski definition) is 6. The molecule has 0 fully saturated rings. The minimum atomic E-state index is -0.267. The molecule has 1 amide bonds. The molecule has 33 heavy (non-hydrogen) atoms. The summed E-state index contributed by atoms with van der Waals surface area (Å²) in [6.45, 7) is 6.91. The van der Waals surface area contributed by atoms with Gasteiger partial charge >= 0.3 is 0 Å². The Bertz CT molecular complexity index is 925. The molecule has 1 aliphatic rings. The molecule has 1 N–H and O–H groups in total. The number of hydrogen-bond donors (Lipinski definition) is 1. The molecule has 182 valence electrons. The second-order valence-corrected chi connectivity index (χ2v) is 9.20. The van der Waals surface area contributed by atoms with Gasteiger partial charge in [-0.1, -0.05) is 30.3 Å². The zero-order valence-corrected chi connectivity index (χ0v) is 21.6. The summed E-state index contributed by atoms with van der Waals surface area (Å²) in [7, 11) is 1.63. The van der Waals surface area contributed by atoms with Crippen LogP contribution < -0.4 is 14.4 Å². The molecule has 0 aliphatic carbocycles. The van der Waals surface area contributed by atoms with Crippen LogP contribution in [0, 0.1) is 0 Å². The van der Waals surface area contributed by atoms with E-state index in [0.29, 0.717) is 23.9 Å². The Morgan fingerprint density at radius 1 is 1.21 bits per heavy atom. The number of anilines is 1. The van der Waals surface area contributed by atoms with Crippen molar-refractivity contribution in [3.05, 3.63) is 47.0 Å². The summed E-state index contributed by atoms with van der Waals surface area (Å²) in [6, 6.07) is 11.3. The van der Waals surface area contributed by atoms with E-state index >= 15 is 0 Å². The summed E-state index contributed by atoms with van der Waals surface area (Å²) in [5, 5.41) is 9.61. The first-order chi connectivity index (χ1) is 15.5. The van der Waals surface area contributed by atoms with Gasteiger partial charge in [-0.05, 0) is 55.8 Å². The first kappa shape index (κ1) is 27.6. The lowest BCUT2D eigenvalue weighted by Crippen LogP contribution is -2.30. The number of ether oxygens (including phenoxy) is 2. The summed E-state index contributed by atoms with van der Waals surface area (Å²) < 4.78 is 11.6. The molecule has 1 unspecified atom stereocenters. The highest BCUT2D eigenvalue weighted by Gasteiger charge is 2.36. The highest BCUT2D eigenvalue weighted by Crippen LogP contribution is 2.54. The van der Waals surface area contributed by atoms with Crippen molar-refractivity contribution in [2.24, 2.45) is 0 Å². The number of halogens is 2. The Morgan fingerprint density at radius 3 is 2.67 bits per heavy atom. The highest BCUT2D eigenvalue weighted by molar-refractivity contribution is 8.00. The number of fused-ring (bicyclic) bond motifs is 1. The van der Waals surface area contributed by atoms with Crippen molar-refractivity contribution in [1.82, 2.24) is 4.90 Å². The van der Waals surface area contributed by atoms with E-state index in [1.54, 1.807) is 36.8 Å². The van der Waals surface area contributed by atoms with Gasteiger partial charge in [0.15, 0.2) is 0 Å². The van der Waals surface area contributed by atoms with Crippen LogP contribution in [0.2, 0.25) is 5.02 Å². The normalized spacial score (nSPS) is 14.7. The molecule has 0 radical (unpaired) electrons. The van der Waals surface area contributed by atoms with Crippen LogP contribution in [0.5, 0.6) is 11.5 Å². The van der Waals surface area contributed by atoms with E-state index in [2.05, 4.69) is 11.8 Å². The van der Waals surface area contributed by atoms with Gasteiger partial charge in [0.1, 0.15) is 16.9 Å². The van der Waals surface area contributed by atoms with E-state index in [1.165, 1.54) is 0 Å². The molecule has 1 heterocycles. The second kappa shape index (κ2) is 13.3. The average Bonchev–Trinajstić information content (AvgIpc) is 3.15. The number of nitrogens with zero attached hydrogens (tertiary/aromatic N) is 2. The monoisotopic (exact) mass is 514 g/mol. The number of benzene rings is 2. The smallest absolute Gasteiger partial charge is 0.225 e. The molecule has 0 saturated heterocycles. The highest BCUT2D eigenvalue weighted by atomic mass is 35.5. The molecule has 9 heteroatoms. The Kier molecular flexibility index (Phi) is 11.1. The summed E-state index contributed by atoms with van der Waals surface area (Å²) in [6.07, 6.45) is 1.89. The van der Waals surface area contributed by atoms with Crippen LogP contribution in [0.3, 0.4) is 0 Å². The van der Waals surface area contributed by atoms with Crippen molar-refractivity contribution < 1.29 is 19.4 Å². The minimum Gasteiger partial charge on any atom is -0.497 e. The molecule has 0 bridgehead atoms. The molecule has 0 spiro atoms. The fourth-order valence-corrected chi connectivity index (χ4v) is 5.50. The number of methoxy groups -OCH3 is 1.